The summed E-state index contributed by atoms with van der Waals surface area (Å²) >= 11 is 1.74. The smallest absolute Gasteiger partial charge is 0.224 e. The summed E-state index contributed by atoms with van der Waals surface area (Å²) in [7, 11) is 0. The van der Waals surface area contributed by atoms with Gasteiger partial charge in [-0.15, -0.1) is 36.2 Å². The zero-order chi connectivity index (χ0) is 17.8. The Hall–Kier alpha value is -1.14. The van der Waals surface area contributed by atoms with Crippen LogP contribution in [0.5, 0.6) is 0 Å². The minimum atomic E-state index is 0. The number of amides is 1. The van der Waals surface area contributed by atoms with E-state index in [4.69, 9.17) is 4.98 Å². The molecule has 1 fully saturated rings. The number of halogens is 2. The van der Waals surface area contributed by atoms with E-state index in [1.807, 2.05) is 6.07 Å². The number of carbonyl (C=O) groups is 1. The van der Waals surface area contributed by atoms with Crippen LogP contribution in [-0.4, -0.2) is 30.5 Å². The molecule has 1 saturated heterocycles. The number of nitrogens with zero attached hydrogens (tertiary/aromatic N) is 1. The summed E-state index contributed by atoms with van der Waals surface area (Å²) in [5.74, 6) is 1.11. The van der Waals surface area contributed by atoms with Crippen LogP contribution in [0, 0.1) is 11.8 Å². The summed E-state index contributed by atoms with van der Waals surface area (Å²) in [6.07, 6.45) is 9.69. The van der Waals surface area contributed by atoms with Crippen LogP contribution >= 0.6 is 36.2 Å². The largest absolute Gasteiger partial charge is 0.356 e. The Balaban J connectivity index is 0.00000140. The first-order chi connectivity index (χ1) is 12.8. The zero-order valence-electron chi connectivity index (χ0n) is 15.9. The Kier molecular flexibility index (Phi) is 9.22. The quantitative estimate of drug-likeness (QED) is 0.661. The van der Waals surface area contributed by atoms with Crippen LogP contribution in [0.2, 0.25) is 0 Å². The monoisotopic (exact) mass is 441 g/mol. The number of rotatable bonds is 5. The number of hydrogen-bond donors (Lipinski definition) is 2. The lowest BCUT2D eigenvalue weighted by Gasteiger charge is -2.27. The summed E-state index contributed by atoms with van der Waals surface area (Å²) in [5.41, 5.74) is 1.05. The molecule has 1 amide bonds. The van der Waals surface area contributed by atoms with Crippen molar-refractivity contribution in [3.8, 4) is 0 Å². The number of fused-ring (bicyclic) bond motifs is 1. The first kappa shape index (κ1) is 23.1. The highest BCUT2D eigenvalue weighted by Gasteiger charge is 2.32. The molecule has 0 bridgehead atoms. The molecule has 0 radical (unpaired) electrons. The van der Waals surface area contributed by atoms with Crippen molar-refractivity contribution in [1.29, 1.82) is 0 Å². The summed E-state index contributed by atoms with van der Waals surface area (Å²) in [6.45, 7) is 3.02. The second-order valence-corrected chi connectivity index (χ2v) is 8.53. The average Bonchev–Trinajstić information content (AvgIpc) is 3.13. The van der Waals surface area contributed by atoms with Crippen LogP contribution in [0.15, 0.2) is 36.4 Å². The van der Waals surface area contributed by atoms with E-state index in [9.17, 15) is 4.79 Å². The van der Waals surface area contributed by atoms with Gasteiger partial charge in [0.15, 0.2) is 0 Å². The van der Waals surface area contributed by atoms with Crippen molar-refractivity contribution in [3.05, 3.63) is 41.4 Å². The molecule has 1 aliphatic heterocycles. The topological polar surface area (TPSA) is 54.0 Å². The number of aromatic nitrogens is 1. The number of thiazole rings is 1. The predicted octanol–water partition coefficient (Wildman–Crippen LogP) is 4.70. The fourth-order valence-electron chi connectivity index (χ4n) is 4.13. The maximum atomic E-state index is 12.9. The first-order valence-corrected chi connectivity index (χ1v) is 10.6. The predicted molar refractivity (Wildman–Crippen MR) is 122 cm³/mol. The number of carbonyl (C=O) groups excluding carboxylic acids is 1. The van der Waals surface area contributed by atoms with Crippen LogP contribution < -0.4 is 10.6 Å². The molecule has 1 aromatic heterocycles. The van der Waals surface area contributed by atoms with E-state index < -0.39 is 0 Å². The highest BCUT2D eigenvalue weighted by molar-refractivity contribution is 7.18. The number of hydrogen-bond acceptors (Lipinski definition) is 4. The standard InChI is InChI=1S/C21H27N3OS.2ClH/c25-20(23-13-11-15-6-5-12-22-14-15)16-7-1-2-8-17(16)21-24-18-9-3-4-10-19(18)26-21;;/h1-4,9-10,15-17,22H,5-8,11-14H2,(H,23,25);2*1H. The lowest BCUT2D eigenvalue weighted by molar-refractivity contribution is -0.125. The normalized spacial score (nSPS) is 24.2. The molecule has 4 rings (SSSR count). The van der Waals surface area contributed by atoms with E-state index in [1.54, 1.807) is 11.3 Å². The molecule has 2 aromatic rings. The third-order valence-electron chi connectivity index (χ3n) is 5.65. The summed E-state index contributed by atoms with van der Waals surface area (Å²) in [6, 6.07) is 8.25. The van der Waals surface area contributed by atoms with Crippen molar-refractivity contribution in [2.75, 3.05) is 19.6 Å². The lowest BCUT2D eigenvalue weighted by Crippen LogP contribution is -2.37. The molecule has 28 heavy (non-hydrogen) atoms. The molecule has 0 spiro atoms. The fraction of sp³-hybridized carbons (Fsp3) is 0.524. The third-order valence-corrected chi connectivity index (χ3v) is 6.82. The Bertz CT molecular complexity index is 756. The molecular formula is C21H29Cl2N3OS. The minimum absolute atomic E-state index is 0. The Morgan fingerprint density at radius 2 is 2.04 bits per heavy atom. The summed E-state index contributed by atoms with van der Waals surface area (Å²) < 4.78 is 1.21. The van der Waals surface area contributed by atoms with E-state index in [2.05, 4.69) is 41.0 Å². The molecule has 3 unspecified atom stereocenters. The Morgan fingerprint density at radius 1 is 1.21 bits per heavy atom. The highest BCUT2D eigenvalue weighted by atomic mass is 35.5. The number of nitrogens with one attached hydrogen (secondary N) is 2. The van der Waals surface area contributed by atoms with Gasteiger partial charge in [-0.25, -0.2) is 4.98 Å². The minimum Gasteiger partial charge on any atom is -0.356 e. The number of allylic oxidation sites excluding steroid dienone is 2. The molecule has 7 heteroatoms. The Morgan fingerprint density at radius 3 is 2.82 bits per heavy atom. The number of para-hydroxylation sites is 1. The van der Waals surface area contributed by atoms with Crippen LogP contribution in [0.25, 0.3) is 10.2 Å². The second kappa shape index (κ2) is 11.1. The van der Waals surface area contributed by atoms with Crippen LogP contribution in [-0.2, 0) is 4.79 Å². The molecule has 2 heterocycles. The SMILES string of the molecule is Cl.Cl.O=C(NCCC1CCCNC1)C1CC=CCC1c1nc2ccccc2s1. The van der Waals surface area contributed by atoms with Crippen molar-refractivity contribution >= 4 is 52.3 Å². The van der Waals surface area contributed by atoms with Crippen molar-refractivity contribution in [2.24, 2.45) is 11.8 Å². The van der Waals surface area contributed by atoms with E-state index in [1.165, 1.54) is 17.5 Å². The van der Waals surface area contributed by atoms with Crippen molar-refractivity contribution < 1.29 is 4.79 Å². The van der Waals surface area contributed by atoms with Gasteiger partial charge in [-0.3, -0.25) is 4.79 Å². The van der Waals surface area contributed by atoms with Gasteiger partial charge < -0.3 is 10.6 Å². The van der Waals surface area contributed by atoms with Gasteiger partial charge in [0.25, 0.3) is 0 Å². The van der Waals surface area contributed by atoms with Gasteiger partial charge in [-0.1, -0.05) is 24.3 Å². The van der Waals surface area contributed by atoms with E-state index in [-0.39, 0.29) is 42.6 Å². The molecule has 2 aliphatic rings. The molecule has 2 N–H and O–H groups in total. The van der Waals surface area contributed by atoms with Gasteiger partial charge >= 0.3 is 0 Å². The van der Waals surface area contributed by atoms with Gasteiger partial charge in [0.1, 0.15) is 0 Å². The van der Waals surface area contributed by atoms with Crippen LogP contribution in [0.4, 0.5) is 0 Å². The van der Waals surface area contributed by atoms with Gasteiger partial charge in [0.2, 0.25) is 5.91 Å². The first-order valence-electron chi connectivity index (χ1n) is 9.80. The lowest BCUT2D eigenvalue weighted by atomic mass is 9.82. The second-order valence-electron chi connectivity index (χ2n) is 7.47. The maximum absolute atomic E-state index is 12.9. The Labute approximate surface area is 183 Å². The van der Waals surface area contributed by atoms with Crippen LogP contribution in [0.1, 0.15) is 43.0 Å². The average molecular weight is 442 g/mol. The molecule has 3 atom stereocenters. The van der Waals surface area contributed by atoms with Gasteiger partial charge in [-0.05, 0) is 63.2 Å². The summed E-state index contributed by atoms with van der Waals surface area (Å²) in [4.78, 5) is 17.7. The number of piperidine rings is 1. The fourth-order valence-corrected chi connectivity index (χ4v) is 5.27. The van der Waals surface area contributed by atoms with Crippen molar-refractivity contribution in [1.82, 2.24) is 15.6 Å². The molecule has 0 saturated carbocycles. The van der Waals surface area contributed by atoms with E-state index in [0.717, 1.165) is 49.4 Å². The van der Waals surface area contributed by atoms with E-state index in [0.29, 0.717) is 5.92 Å². The summed E-state index contributed by atoms with van der Waals surface area (Å²) in [5, 5.41) is 7.76. The van der Waals surface area contributed by atoms with Crippen LogP contribution in [0.3, 0.4) is 0 Å². The van der Waals surface area contributed by atoms with Crippen molar-refractivity contribution in [2.45, 2.75) is 38.0 Å². The molecule has 4 nitrogen and oxygen atoms in total. The van der Waals surface area contributed by atoms with Crippen molar-refractivity contribution in [3.63, 3.8) is 0 Å². The molecule has 1 aromatic carbocycles. The van der Waals surface area contributed by atoms with Gasteiger partial charge in [-0.2, -0.15) is 0 Å². The zero-order valence-corrected chi connectivity index (χ0v) is 18.4. The van der Waals surface area contributed by atoms with Gasteiger partial charge in [0.05, 0.1) is 21.1 Å². The molecular weight excluding hydrogens is 413 g/mol. The third kappa shape index (κ3) is 5.47. The molecule has 154 valence electrons. The van der Waals surface area contributed by atoms with E-state index >= 15 is 0 Å². The highest BCUT2D eigenvalue weighted by Crippen LogP contribution is 2.38. The maximum Gasteiger partial charge on any atom is 0.224 e. The molecule has 1 aliphatic carbocycles. The number of benzene rings is 1. The van der Waals surface area contributed by atoms with Gasteiger partial charge in [0, 0.05) is 12.5 Å².